The average Bonchev–Trinajstić information content (AvgIpc) is 2.93. The van der Waals surface area contributed by atoms with Crippen LogP contribution in [0.4, 0.5) is 0 Å². The maximum atomic E-state index is 5.98. The van der Waals surface area contributed by atoms with E-state index in [9.17, 15) is 0 Å². The fourth-order valence-electron chi connectivity index (χ4n) is 3.08. The van der Waals surface area contributed by atoms with Crippen molar-refractivity contribution in [2.24, 2.45) is 0 Å². The predicted molar refractivity (Wildman–Crippen MR) is 87.7 cm³/mol. The fraction of sp³-hybridized carbons (Fsp3) is 0.100. The highest BCUT2D eigenvalue weighted by atomic mass is 16.3. The number of hydrogen-bond acceptors (Lipinski definition) is 1. The van der Waals surface area contributed by atoms with Crippen molar-refractivity contribution >= 4 is 21.9 Å². The Bertz CT molecular complexity index is 903. The van der Waals surface area contributed by atoms with Crippen molar-refractivity contribution in [2.75, 3.05) is 0 Å². The topological polar surface area (TPSA) is 13.1 Å². The minimum atomic E-state index is 0.343. The van der Waals surface area contributed by atoms with Gasteiger partial charge in [-0.25, -0.2) is 0 Å². The van der Waals surface area contributed by atoms with Gasteiger partial charge in [-0.15, -0.1) is 0 Å². The molecule has 1 unspecified atom stereocenters. The first-order chi connectivity index (χ1) is 10.3. The zero-order chi connectivity index (χ0) is 14.2. The fourth-order valence-corrected chi connectivity index (χ4v) is 3.08. The molecule has 0 saturated heterocycles. The van der Waals surface area contributed by atoms with Gasteiger partial charge in [-0.05, 0) is 23.3 Å². The molecule has 102 valence electrons. The first kappa shape index (κ1) is 12.2. The summed E-state index contributed by atoms with van der Waals surface area (Å²) in [7, 11) is 0. The Labute approximate surface area is 123 Å². The largest absolute Gasteiger partial charge is 0.456 e. The summed E-state index contributed by atoms with van der Waals surface area (Å²) in [6, 6.07) is 25.2. The third-order valence-corrected chi connectivity index (χ3v) is 4.20. The molecular formula is C20H16O. The second-order valence-electron chi connectivity index (χ2n) is 5.45. The monoisotopic (exact) mass is 272 g/mol. The molecule has 0 spiro atoms. The van der Waals surface area contributed by atoms with Crippen LogP contribution in [0.25, 0.3) is 21.9 Å². The average molecular weight is 272 g/mol. The lowest BCUT2D eigenvalue weighted by atomic mass is 9.90. The lowest BCUT2D eigenvalue weighted by Crippen LogP contribution is -1.96. The minimum Gasteiger partial charge on any atom is -0.456 e. The Balaban J connectivity index is 2.00. The molecule has 1 atom stereocenters. The first-order valence-corrected chi connectivity index (χ1v) is 7.29. The number of hydrogen-bond donors (Lipinski definition) is 0. The Morgan fingerprint density at radius 3 is 2.29 bits per heavy atom. The molecule has 1 heterocycles. The second-order valence-corrected chi connectivity index (χ2v) is 5.45. The van der Waals surface area contributed by atoms with E-state index < -0.39 is 0 Å². The van der Waals surface area contributed by atoms with Gasteiger partial charge in [0.05, 0.1) is 0 Å². The molecule has 0 radical (unpaired) electrons. The third kappa shape index (κ3) is 1.93. The molecule has 1 aromatic heterocycles. The van der Waals surface area contributed by atoms with Crippen LogP contribution < -0.4 is 0 Å². The predicted octanol–water partition coefficient (Wildman–Crippen LogP) is 5.74. The molecule has 0 aliphatic rings. The zero-order valence-electron chi connectivity index (χ0n) is 11.9. The number of furan rings is 1. The van der Waals surface area contributed by atoms with Crippen molar-refractivity contribution in [1.29, 1.82) is 0 Å². The van der Waals surface area contributed by atoms with Gasteiger partial charge < -0.3 is 4.42 Å². The summed E-state index contributed by atoms with van der Waals surface area (Å²) in [5.74, 6) is 0.343. The van der Waals surface area contributed by atoms with Gasteiger partial charge in [0.15, 0.2) is 0 Å². The normalized spacial score (nSPS) is 12.8. The Kier molecular flexibility index (Phi) is 2.78. The van der Waals surface area contributed by atoms with Crippen LogP contribution >= 0.6 is 0 Å². The molecule has 0 N–H and O–H groups in total. The van der Waals surface area contributed by atoms with Gasteiger partial charge >= 0.3 is 0 Å². The molecule has 1 nitrogen and oxygen atoms in total. The number of para-hydroxylation sites is 1. The lowest BCUT2D eigenvalue weighted by Gasteiger charge is -2.13. The third-order valence-electron chi connectivity index (χ3n) is 4.20. The molecular weight excluding hydrogens is 256 g/mol. The summed E-state index contributed by atoms with van der Waals surface area (Å²) in [5, 5.41) is 2.44. The van der Waals surface area contributed by atoms with Crippen LogP contribution in [-0.4, -0.2) is 0 Å². The maximum Gasteiger partial charge on any atom is 0.135 e. The summed E-state index contributed by atoms with van der Waals surface area (Å²) in [6.07, 6.45) is 0. The molecule has 4 aromatic rings. The van der Waals surface area contributed by atoms with Gasteiger partial charge in [0, 0.05) is 16.7 Å². The van der Waals surface area contributed by atoms with E-state index in [2.05, 4.69) is 67.6 Å². The van der Waals surface area contributed by atoms with E-state index in [1.54, 1.807) is 0 Å². The number of rotatable bonds is 2. The Morgan fingerprint density at radius 1 is 0.714 bits per heavy atom. The van der Waals surface area contributed by atoms with E-state index in [0.717, 1.165) is 11.2 Å². The summed E-state index contributed by atoms with van der Waals surface area (Å²) in [4.78, 5) is 0. The standard InChI is InChI=1S/C20H16O/c1-14(15-8-3-2-4-9-15)16-11-7-13-19-20(16)17-10-5-6-12-18(17)21-19/h2-14H,1H3. The summed E-state index contributed by atoms with van der Waals surface area (Å²) >= 11 is 0. The van der Waals surface area contributed by atoms with Crippen molar-refractivity contribution in [2.45, 2.75) is 12.8 Å². The van der Waals surface area contributed by atoms with Crippen LogP contribution in [0.5, 0.6) is 0 Å². The summed E-state index contributed by atoms with van der Waals surface area (Å²) < 4.78 is 5.98. The van der Waals surface area contributed by atoms with E-state index in [1.807, 2.05) is 12.1 Å². The highest BCUT2D eigenvalue weighted by Gasteiger charge is 2.15. The van der Waals surface area contributed by atoms with Gasteiger partial charge in [-0.1, -0.05) is 67.6 Å². The molecule has 0 fully saturated rings. The van der Waals surface area contributed by atoms with Crippen LogP contribution in [0.15, 0.2) is 77.2 Å². The van der Waals surface area contributed by atoms with Crippen LogP contribution in [0.1, 0.15) is 24.0 Å². The smallest absolute Gasteiger partial charge is 0.135 e. The first-order valence-electron chi connectivity index (χ1n) is 7.29. The van der Waals surface area contributed by atoms with Gasteiger partial charge in [0.1, 0.15) is 11.2 Å². The van der Waals surface area contributed by atoms with E-state index >= 15 is 0 Å². The molecule has 0 aliphatic heterocycles. The molecule has 3 aromatic carbocycles. The van der Waals surface area contributed by atoms with E-state index in [-0.39, 0.29) is 0 Å². The quantitative estimate of drug-likeness (QED) is 0.453. The van der Waals surface area contributed by atoms with Gasteiger partial charge in [-0.2, -0.15) is 0 Å². The lowest BCUT2D eigenvalue weighted by molar-refractivity contribution is 0.668. The minimum absolute atomic E-state index is 0.343. The van der Waals surface area contributed by atoms with Crippen molar-refractivity contribution in [3.05, 3.63) is 83.9 Å². The molecule has 0 saturated carbocycles. The second kappa shape index (κ2) is 4.78. The Hall–Kier alpha value is -2.54. The molecule has 0 amide bonds. The highest BCUT2D eigenvalue weighted by Crippen LogP contribution is 2.36. The number of fused-ring (bicyclic) bond motifs is 3. The van der Waals surface area contributed by atoms with Crippen LogP contribution in [0.2, 0.25) is 0 Å². The van der Waals surface area contributed by atoms with Crippen LogP contribution in [-0.2, 0) is 0 Å². The SMILES string of the molecule is CC(c1ccccc1)c1cccc2oc3ccccc3c12. The van der Waals surface area contributed by atoms with Crippen LogP contribution in [0, 0.1) is 0 Å². The number of benzene rings is 3. The van der Waals surface area contributed by atoms with E-state index in [1.165, 1.54) is 21.9 Å². The molecule has 0 bridgehead atoms. The van der Waals surface area contributed by atoms with Gasteiger partial charge in [0.2, 0.25) is 0 Å². The summed E-state index contributed by atoms with van der Waals surface area (Å²) in [6.45, 7) is 2.26. The van der Waals surface area contributed by atoms with Gasteiger partial charge in [0.25, 0.3) is 0 Å². The van der Waals surface area contributed by atoms with Crippen LogP contribution in [0.3, 0.4) is 0 Å². The van der Waals surface area contributed by atoms with Gasteiger partial charge in [-0.3, -0.25) is 0 Å². The van der Waals surface area contributed by atoms with Crippen molar-refractivity contribution in [3.63, 3.8) is 0 Å². The van der Waals surface area contributed by atoms with E-state index in [0.29, 0.717) is 5.92 Å². The van der Waals surface area contributed by atoms with E-state index in [4.69, 9.17) is 4.42 Å². The molecule has 1 heteroatoms. The highest BCUT2D eigenvalue weighted by molar-refractivity contribution is 6.07. The maximum absolute atomic E-state index is 5.98. The van der Waals surface area contributed by atoms with Crippen molar-refractivity contribution < 1.29 is 4.42 Å². The summed E-state index contributed by atoms with van der Waals surface area (Å²) in [5.41, 5.74) is 4.58. The molecule has 21 heavy (non-hydrogen) atoms. The van der Waals surface area contributed by atoms with Crippen molar-refractivity contribution in [1.82, 2.24) is 0 Å². The Morgan fingerprint density at radius 2 is 1.43 bits per heavy atom. The zero-order valence-corrected chi connectivity index (χ0v) is 11.9. The molecule has 0 aliphatic carbocycles. The van der Waals surface area contributed by atoms with Crippen molar-refractivity contribution in [3.8, 4) is 0 Å². The molecule has 4 rings (SSSR count).